The largest absolute Gasteiger partial charge is 0.466 e. The summed E-state index contributed by atoms with van der Waals surface area (Å²) in [4.78, 5) is 38.5. The highest BCUT2D eigenvalue weighted by molar-refractivity contribution is 5.86. The first-order valence-electron chi connectivity index (χ1n) is 14.6. The van der Waals surface area contributed by atoms with Crippen molar-refractivity contribution < 1.29 is 28.6 Å². The van der Waals surface area contributed by atoms with Crippen LogP contribution in [0.15, 0.2) is 18.2 Å². The predicted molar refractivity (Wildman–Crippen MR) is 146 cm³/mol. The zero-order valence-electron chi connectivity index (χ0n) is 23.1. The van der Waals surface area contributed by atoms with Crippen LogP contribution in [0.25, 0.3) is 0 Å². The Morgan fingerprint density at radius 1 is 1.00 bits per heavy atom. The third kappa shape index (κ3) is 9.10. The highest BCUT2D eigenvalue weighted by atomic mass is 16.7. The molecule has 0 aliphatic carbocycles. The Bertz CT molecular complexity index is 961. The molecule has 0 aromatic heterocycles. The van der Waals surface area contributed by atoms with E-state index >= 15 is 0 Å². The van der Waals surface area contributed by atoms with E-state index in [1.54, 1.807) is 25.1 Å². The van der Waals surface area contributed by atoms with Gasteiger partial charge in [-0.3, -0.25) is 14.4 Å². The summed E-state index contributed by atoms with van der Waals surface area (Å²) in [7, 11) is 0. The van der Waals surface area contributed by atoms with Crippen LogP contribution in [0.4, 0.5) is 0 Å². The number of carbonyl (C=O) groups is 3. The van der Waals surface area contributed by atoms with Gasteiger partial charge in [0.1, 0.15) is 0 Å². The zero-order chi connectivity index (χ0) is 27.5. The Kier molecular flexibility index (Phi) is 11.3. The number of hydrogen-bond donors (Lipinski definition) is 4. The van der Waals surface area contributed by atoms with Gasteiger partial charge in [0.15, 0.2) is 11.5 Å². The first-order valence-corrected chi connectivity index (χ1v) is 14.6. The van der Waals surface area contributed by atoms with Gasteiger partial charge in [-0.2, -0.15) is 0 Å². The van der Waals surface area contributed by atoms with Gasteiger partial charge in [0.2, 0.25) is 18.6 Å². The SMILES string of the molecule is CCOC(=O)CC(NC(=O)CNC(=O)C(CCC1CCNCC1)CCC1CCNC1)c1ccc2c(c1)OCO2. The summed E-state index contributed by atoms with van der Waals surface area (Å²) in [5, 5.41) is 12.6. The maximum atomic E-state index is 13.2. The molecule has 39 heavy (non-hydrogen) atoms. The number of carbonyl (C=O) groups excluding carboxylic acids is 3. The van der Waals surface area contributed by atoms with E-state index < -0.39 is 12.0 Å². The lowest BCUT2D eigenvalue weighted by Gasteiger charge is -2.25. The molecule has 1 aromatic rings. The molecule has 4 rings (SSSR count). The number of esters is 1. The van der Waals surface area contributed by atoms with Crippen LogP contribution >= 0.6 is 0 Å². The van der Waals surface area contributed by atoms with Crippen molar-refractivity contribution in [3.63, 3.8) is 0 Å². The lowest BCUT2D eigenvalue weighted by Crippen LogP contribution is -2.41. The second-order valence-corrected chi connectivity index (χ2v) is 10.9. The molecular formula is C29H44N4O6. The van der Waals surface area contributed by atoms with Crippen molar-refractivity contribution in [1.29, 1.82) is 0 Å². The first-order chi connectivity index (χ1) is 19.0. The van der Waals surface area contributed by atoms with Gasteiger partial charge in [-0.25, -0.2) is 0 Å². The lowest BCUT2D eigenvalue weighted by atomic mass is 9.86. The summed E-state index contributed by atoms with van der Waals surface area (Å²) in [5.74, 6) is 1.54. The lowest BCUT2D eigenvalue weighted by molar-refractivity contribution is -0.144. The summed E-state index contributed by atoms with van der Waals surface area (Å²) < 4.78 is 16.0. The van der Waals surface area contributed by atoms with Gasteiger partial charge in [-0.05, 0) is 108 Å². The maximum absolute atomic E-state index is 13.2. The van der Waals surface area contributed by atoms with Gasteiger partial charge in [-0.15, -0.1) is 0 Å². The Hall–Kier alpha value is -2.85. The van der Waals surface area contributed by atoms with Crippen LogP contribution in [-0.2, 0) is 19.1 Å². The molecule has 2 fully saturated rings. The molecule has 0 radical (unpaired) electrons. The van der Waals surface area contributed by atoms with Gasteiger partial charge in [0, 0.05) is 5.92 Å². The van der Waals surface area contributed by atoms with Crippen LogP contribution in [0, 0.1) is 17.8 Å². The molecule has 4 N–H and O–H groups in total. The van der Waals surface area contributed by atoms with E-state index in [-0.39, 0.29) is 44.1 Å². The monoisotopic (exact) mass is 544 g/mol. The van der Waals surface area contributed by atoms with E-state index in [9.17, 15) is 14.4 Å². The Labute approximate surface area is 231 Å². The third-order valence-electron chi connectivity index (χ3n) is 8.07. The second-order valence-electron chi connectivity index (χ2n) is 10.9. The van der Waals surface area contributed by atoms with Crippen LogP contribution in [0.1, 0.15) is 69.9 Å². The molecule has 0 spiro atoms. The minimum Gasteiger partial charge on any atom is -0.466 e. The minimum absolute atomic E-state index is 0.0263. The normalized spacial score (nSPS) is 20.3. The molecule has 3 aliphatic rings. The molecule has 10 heteroatoms. The fraction of sp³-hybridized carbons (Fsp3) is 0.690. The van der Waals surface area contributed by atoms with Crippen molar-refractivity contribution in [3.8, 4) is 11.5 Å². The number of rotatable bonds is 14. The molecule has 2 amide bonds. The number of benzene rings is 1. The van der Waals surface area contributed by atoms with Crippen molar-refractivity contribution in [2.75, 3.05) is 46.1 Å². The maximum Gasteiger partial charge on any atom is 0.308 e. The highest BCUT2D eigenvalue weighted by Crippen LogP contribution is 2.35. The van der Waals surface area contributed by atoms with Gasteiger partial charge < -0.3 is 35.5 Å². The van der Waals surface area contributed by atoms with Crippen molar-refractivity contribution >= 4 is 17.8 Å². The third-order valence-corrected chi connectivity index (χ3v) is 8.07. The molecule has 10 nitrogen and oxygen atoms in total. The molecular weight excluding hydrogens is 500 g/mol. The molecule has 3 atom stereocenters. The number of fused-ring (bicyclic) bond motifs is 1. The molecule has 216 valence electrons. The van der Waals surface area contributed by atoms with Crippen molar-refractivity contribution in [2.24, 2.45) is 17.8 Å². The summed E-state index contributed by atoms with van der Waals surface area (Å²) in [5.41, 5.74) is 0.706. The van der Waals surface area contributed by atoms with Crippen molar-refractivity contribution in [3.05, 3.63) is 23.8 Å². The number of ether oxygens (including phenoxy) is 3. The fourth-order valence-corrected chi connectivity index (χ4v) is 5.74. The second kappa shape index (κ2) is 15.1. The number of hydrogen-bond acceptors (Lipinski definition) is 8. The Balaban J connectivity index is 1.32. The van der Waals surface area contributed by atoms with Crippen molar-refractivity contribution in [1.82, 2.24) is 21.3 Å². The Morgan fingerprint density at radius 3 is 2.46 bits per heavy atom. The van der Waals surface area contributed by atoms with Crippen LogP contribution in [0.3, 0.4) is 0 Å². The molecule has 1 aromatic carbocycles. The molecule has 3 heterocycles. The highest BCUT2D eigenvalue weighted by Gasteiger charge is 2.26. The van der Waals surface area contributed by atoms with E-state index in [4.69, 9.17) is 14.2 Å². The van der Waals surface area contributed by atoms with Crippen LogP contribution in [0.5, 0.6) is 11.5 Å². The quantitative estimate of drug-likeness (QED) is 0.263. The fourth-order valence-electron chi connectivity index (χ4n) is 5.74. The number of amides is 2. The number of nitrogens with one attached hydrogen (secondary N) is 4. The van der Waals surface area contributed by atoms with Gasteiger partial charge in [0.25, 0.3) is 0 Å². The van der Waals surface area contributed by atoms with E-state index in [0.29, 0.717) is 28.9 Å². The number of piperidine rings is 1. The summed E-state index contributed by atoms with van der Waals surface area (Å²) >= 11 is 0. The van der Waals surface area contributed by atoms with Crippen LogP contribution in [-0.4, -0.2) is 63.9 Å². The van der Waals surface area contributed by atoms with Crippen LogP contribution < -0.4 is 30.7 Å². The summed E-state index contributed by atoms with van der Waals surface area (Å²) in [6.07, 6.45) is 7.20. The molecule has 3 unspecified atom stereocenters. The average molecular weight is 545 g/mol. The Morgan fingerprint density at radius 2 is 1.72 bits per heavy atom. The first kappa shape index (κ1) is 29.1. The van der Waals surface area contributed by atoms with Gasteiger partial charge in [0.05, 0.1) is 25.6 Å². The van der Waals surface area contributed by atoms with E-state index in [0.717, 1.165) is 71.1 Å². The minimum atomic E-state index is -0.617. The summed E-state index contributed by atoms with van der Waals surface area (Å²) in [6, 6.07) is 4.70. The topological polar surface area (TPSA) is 127 Å². The molecule has 0 bridgehead atoms. The van der Waals surface area contributed by atoms with E-state index in [2.05, 4.69) is 21.3 Å². The average Bonchev–Trinajstić information content (AvgIpc) is 3.64. The van der Waals surface area contributed by atoms with Gasteiger partial charge >= 0.3 is 5.97 Å². The molecule has 3 aliphatic heterocycles. The summed E-state index contributed by atoms with van der Waals surface area (Å²) in [6.45, 7) is 6.16. The van der Waals surface area contributed by atoms with Crippen LogP contribution in [0.2, 0.25) is 0 Å². The van der Waals surface area contributed by atoms with Crippen molar-refractivity contribution in [2.45, 2.75) is 64.3 Å². The van der Waals surface area contributed by atoms with E-state index in [1.165, 1.54) is 0 Å². The zero-order valence-corrected chi connectivity index (χ0v) is 23.1. The molecule has 2 saturated heterocycles. The predicted octanol–water partition coefficient (Wildman–Crippen LogP) is 2.43. The standard InChI is InChI=1S/C29H44N4O6/c1-2-37-28(35)16-24(23-7-8-25-26(15-23)39-19-38-25)33-27(34)18-32-29(36)22(6-4-21-11-14-31-17-21)5-3-20-9-12-30-13-10-20/h7-8,15,20-22,24,30-31H,2-6,9-14,16-19H2,1H3,(H,32,36)(H,33,34). The van der Waals surface area contributed by atoms with E-state index in [1.807, 2.05) is 0 Å². The smallest absolute Gasteiger partial charge is 0.308 e. The van der Waals surface area contributed by atoms with Gasteiger partial charge in [-0.1, -0.05) is 6.07 Å². The molecule has 0 saturated carbocycles.